The monoisotopic (exact) mass is 547 g/mol. The minimum atomic E-state index is -0.334. The van der Waals surface area contributed by atoms with E-state index in [0.29, 0.717) is 53.1 Å². The van der Waals surface area contributed by atoms with E-state index in [-0.39, 0.29) is 11.7 Å². The Morgan fingerprint density at radius 3 is 2.44 bits per heavy atom. The van der Waals surface area contributed by atoms with Gasteiger partial charge in [-0.1, -0.05) is 42.5 Å². The van der Waals surface area contributed by atoms with Crippen LogP contribution in [0, 0.1) is 5.82 Å². The lowest BCUT2D eigenvalue weighted by Gasteiger charge is -2.34. The lowest BCUT2D eigenvalue weighted by atomic mass is 10.1. The van der Waals surface area contributed by atoms with Crippen molar-refractivity contribution in [3.63, 3.8) is 0 Å². The molecule has 1 saturated carbocycles. The van der Waals surface area contributed by atoms with Crippen molar-refractivity contribution in [1.82, 2.24) is 29.4 Å². The summed E-state index contributed by atoms with van der Waals surface area (Å²) in [6, 6.07) is 24.4. The third-order valence-corrected chi connectivity index (χ3v) is 7.77. The molecule has 206 valence electrons. The van der Waals surface area contributed by atoms with Gasteiger partial charge in [-0.25, -0.2) is 14.4 Å². The summed E-state index contributed by atoms with van der Waals surface area (Å²) in [7, 11) is 0. The zero-order valence-electron chi connectivity index (χ0n) is 22.6. The number of halogens is 1. The number of hydrogen-bond donors (Lipinski definition) is 1. The van der Waals surface area contributed by atoms with Gasteiger partial charge in [0.15, 0.2) is 5.65 Å². The molecule has 9 heteroatoms. The molecule has 7 rings (SSSR count). The molecule has 3 aromatic heterocycles. The molecule has 4 heterocycles. The van der Waals surface area contributed by atoms with Gasteiger partial charge in [0, 0.05) is 62.5 Å². The number of anilines is 2. The first-order valence-electron chi connectivity index (χ1n) is 14.0. The SMILES string of the molecule is O=C(c1ccc(Nc2cc(-c3ccccc3F)nc3cc(C4CC4)nn23)nc1)N1CCN(Cc2ccccc2)CC1. The van der Waals surface area contributed by atoms with Crippen LogP contribution in [0.1, 0.15) is 40.4 Å². The summed E-state index contributed by atoms with van der Waals surface area (Å²) in [5.41, 5.74) is 4.40. The van der Waals surface area contributed by atoms with Crippen LogP contribution in [0.25, 0.3) is 16.9 Å². The van der Waals surface area contributed by atoms with Gasteiger partial charge in [0.2, 0.25) is 0 Å². The Morgan fingerprint density at radius 1 is 0.927 bits per heavy atom. The molecule has 8 nitrogen and oxygen atoms in total. The molecule has 1 saturated heterocycles. The van der Waals surface area contributed by atoms with E-state index < -0.39 is 0 Å². The zero-order chi connectivity index (χ0) is 27.8. The van der Waals surface area contributed by atoms with Gasteiger partial charge in [-0.3, -0.25) is 9.69 Å². The minimum absolute atomic E-state index is 0.0160. The number of nitrogens with one attached hydrogen (secondary N) is 1. The van der Waals surface area contributed by atoms with Gasteiger partial charge in [0.1, 0.15) is 17.5 Å². The third kappa shape index (κ3) is 5.40. The highest BCUT2D eigenvalue weighted by molar-refractivity contribution is 5.94. The van der Waals surface area contributed by atoms with Crippen molar-refractivity contribution in [2.75, 3.05) is 31.5 Å². The number of carbonyl (C=O) groups excluding carboxylic acids is 1. The number of aromatic nitrogens is 4. The Labute approximate surface area is 237 Å². The molecular formula is C32H30FN7O. The normalized spacial score (nSPS) is 15.8. The van der Waals surface area contributed by atoms with Gasteiger partial charge in [-0.05, 0) is 42.7 Å². The second-order valence-electron chi connectivity index (χ2n) is 10.7. The summed E-state index contributed by atoms with van der Waals surface area (Å²) in [5, 5.41) is 8.09. The van der Waals surface area contributed by atoms with Crippen LogP contribution in [0.15, 0.2) is 85.1 Å². The lowest BCUT2D eigenvalue weighted by molar-refractivity contribution is 0.0628. The van der Waals surface area contributed by atoms with Crippen molar-refractivity contribution < 1.29 is 9.18 Å². The van der Waals surface area contributed by atoms with Crippen LogP contribution in [-0.2, 0) is 6.54 Å². The number of amides is 1. The topological polar surface area (TPSA) is 78.7 Å². The summed E-state index contributed by atoms with van der Waals surface area (Å²) >= 11 is 0. The molecule has 2 aromatic carbocycles. The molecule has 0 bridgehead atoms. The predicted molar refractivity (Wildman–Crippen MR) is 155 cm³/mol. The third-order valence-electron chi connectivity index (χ3n) is 7.77. The quantitative estimate of drug-likeness (QED) is 0.290. The molecule has 0 atom stereocenters. The second-order valence-corrected chi connectivity index (χ2v) is 10.7. The van der Waals surface area contributed by atoms with Crippen molar-refractivity contribution in [2.24, 2.45) is 0 Å². The predicted octanol–water partition coefficient (Wildman–Crippen LogP) is 5.51. The molecule has 1 N–H and O–H groups in total. The summed E-state index contributed by atoms with van der Waals surface area (Å²) in [6.07, 6.45) is 3.84. The summed E-state index contributed by atoms with van der Waals surface area (Å²) in [4.78, 5) is 26.7. The van der Waals surface area contributed by atoms with E-state index in [1.165, 1.54) is 11.6 Å². The first-order chi connectivity index (χ1) is 20.1. The van der Waals surface area contributed by atoms with Crippen LogP contribution in [0.2, 0.25) is 0 Å². The first-order valence-corrected chi connectivity index (χ1v) is 14.0. The Hall–Kier alpha value is -4.63. The van der Waals surface area contributed by atoms with Crippen LogP contribution in [0.4, 0.5) is 16.0 Å². The molecule has 0 unspecified atom stereocenters. The molecule has 2 fully saturated rings. The van der Waals surface area contributed by atoms with Crippen LogP contribution in [0.5, 0.6) is 0 Å². The largest absolute Gasteiger partial charge is 0.336 e. The van der Waals surface area contributed by atoms with Gasteiger partial charge in [-0.2, -0.15) is 9.61 Å². The van der Waals surface area contributed by atoms with Crippen molar-refractivity contribution >= 4 is 23.2 Å². The lowest BCUT2D eigenvalue weighted by Crippen LogP contribution is -2.48. The van der Waals surface area contributed by atoms with Crippen LogP contribution < -0.4 is 5.32 Å². The molecular weight excluding hydrogens is 517 g/mol. The van der Waals surface area contributed by atoms with Crippen molar-refractivity contribution in [2.45, 2.75) is 25.3 Å². The summed E-state index contributed by atoms with van der Waals surface area (Å²) < 4.78 is 16.4. The Morgan fingerprint density at radius 2 is 1.71 bits per heavy atom. The molecule has 2 aliphatic rings. The van der Waals surface area contributed by atoms with E-state index in [2.05, 4.69) is 39.5 Å². The van der Waals surface area contributed by atoms with Gasteiger partial charge >= 0.3 is 0 Å². The number of fused-ring (bicyclic) bond motifs is 1. The molecule has 41 heavy (non-hydrogen) atoms. The van der Waals surface area contributed by atoms with Gasteiger partial charge in [0.05, 0.1) is 17.0 Å². The van der Waals surface area contributed by atoms with Crippen LogP contribution in [-0.4, -0.2) is 61.5 Å². The van der Waals surface area contributed by atoms with E-state index in [4.69, 9.17) is 10.1 Å². The number of carbonyl (C=O) groups is 1. The van der Waals surface area contributed by atoms with Gasteiger partial charge in [-0.15, -0.1) is 0 Å². The Kier molecular flexibility index (Phi) is 6.64. The van der Waals surface area contributed by atoms with Crippen molar-refractivity contribution in [3.05, 3.63) is 108 Å². The molecule has 1 aliphatic carbocycles. The van der Waals surface area contributed by atoms with Gasteiger partial charge in [0.25, 0.3) is 5.91 Å². The average molecular weight is 548 g/mol. The fraction of sp³-hybridized carbons (Fsp3) is 0.250. The summed E-state index contributed by atoms with van der Waals surface area (Å²) in [6.45, 7) is 3.93. The highest BCUT2D eigenvalue weighted by atomic mass is 19.1. The maximum atomic E-state index is 14.6. The summed E-state index contributed by atoms with van der Waals surface area (Å²) in [5.74, 6) is 1.29. The number of rotatable bonds is 7. The van der Waals surface area contributed by atoms with E-state index in [1.54, 1.807) is 47.1 Å². The molecule has 1 aliphatic heterocycles. The fourth-order valence-electron chi connectivity index (χ4n) is 5.33. The number of nitrogens with zero attached hydrogens (tertiary/aromatic N) is 6. The average Bonchev–Trinajstić information content (AvgIpc) is 3.77. The minimum Gasteiger partial charge on any atom is -0.336 e. The van der Waals surface area contributed by atoms with E-state index in [9.17, 15) is 9.18 Å². The number of piperazine rings is 1. The standard InChI is InChI=1S/C32H30FN7O/c33-26-9-5-4-8-25(26)28-19-31(40-30(35-28)18-27(37-40)23-10-11-23)36-29-13-12-24(20-34-29)32(41)39-16-14-38(15-17-39)21-22-6-2-1-3-7-22/h1-9,12-13,18-20,23H,10-11,14-17,21H2,(H,34,36). The smallest absolute Gasteiger partial charge is 0.255 e. The highest BCUT2D eigenvalue weighted by Crippen LogP contribution is 2.40. The number of hydrogen-bond acceptors (Lipinski definition) is 6. The zero-order valence-corrected chi connectivity index (χ0v) is 22.6. The maximum Gasteiger partial charge on any atom is 0.255 e. The van der Waals surface area contributed by atoms with Crippen LogP contribution in [0.3, 0.4) is 0 Å². The Balaban J connectivity index is 1.07. The highest BCUT2D eigenvalue weighted by Gasteiger charge is 2.27. The van der Waals surface area contributed by atoms with Crippen LogP contribution >= 0.6 is 0 Å². The second kappa shape index (κ2) is 10.7. The number of benzene rings is 2. The molecule has 1 amide bonds. The maximum absolute atomic E-state index is 14.6. The fourth-order valence-corrected chi connectivity index (χ4v) is 5.33. The van der Waals surface area contributed by atoms with Crippen molar-refractivity contribution in [3.8, 4) is 11.3 Å². The first kappa shape index (κ1) is 25.3. The molecule has 0 spiro atoms. The molecule has 0 radical (unpaired) electrons. The van der Waals surface area contributed by atoms with Gasteiger partial charge < -0.3 is 10.2 Å². The van der Waals surface area contributed by atoms with Crippen molar-refractivity contribution in [1.29, 1.82) is 0 Å². The van der Waals surface area contributed by atoms with E-state index in [1.807, 2.05) is 17.0 Å². The van der Waals surface area contributed by atoms with E-state index in [0.717, 1.165) is 38.2 Å². The Bertz CT molecular complexity index is 1690. The van der Waals surface area contributed by atoms with E-state index >= 15 is 0 Å². The molecule has 5 aromatic rings. The number of pyridine rings is 1.